The molecule has 0 aromatic heterocycles. The fourth-order valence-electron chi connectivity index (χ4n) is 2.26. The number of allylic oxidation sites excluding steroid dienone is 1. The molecule has 0 saturated carbocycles. The van der Waals surface area contributed by atoms with Crippen LogP contribution in [0.5, 0.6) is 0 Å². The number of likely N-dealkylation sites (N-methyl/N-ethyl adjacent to an activating group) is 1. The Hall–Kier alpha value is -1.75. The molecule has 0 fully saturated rings. The zero-order chi connectivity index (χ0) is 16.0. The first kappa shape index (κ1) is 19.3. The summed E-state index contributed by atoms with van der Waals surface area (Å²) in [5, 5.41) is 2.60. The summed E-state index contributed by atoms with van der Waals surface area (Å²) in [6, 6.07) is 15.2. The van der Waals surface area contributed by atoms with E-state index in [1.165, 1.54) is 16.3 Å². The van der Waals surface area contributed by atoms with Gasteiger partial charge in [0, 0.05) is 18.5 Å². The number of benzene rings is 2. The van der Waals surface area contributed by atoms with E-state index in [4.69, 9.17) is 0 Å². The van der Waals surface area contributed by atoms with Gasteiger partial charge in [-0.1, -0.05) is 54.3 Å². The van der Waals surface area contributed by atoms with Gasteiger partial charge < -0.3 is 0 Å². The minimum Gasteiger partial charge on any atom is -0.298 e. The van der Waals surface area contributed by atoms with Crippen molar-refractivity contribution in [3.63, 3.8) is 0 Å². The van der Waals surface area contributed by atoms with Gasteiger partial charge in [-0.05, 0) is 56.3 Å². The molecule has 2 heteroatoms. The average Bonchev–Trinajstić information content (AvgIpc) is 2.45. The zero-order valence-corrected chi connectivity index (χ0v) is 15.3. The van der Waals surface area contributed by atoms with Crippen molar-refractivity contribution >= 4 is 23.2 Å². The van der Waals surface area contributed by atoms with Crippen molar-refractivity contribution in [3.8, 4) is 11.8 Å². The lowest BCUT2D eigenvalue weighted by Crippen LogP contribution is -2.17. The summed E-state index contributed by atoms with van der Waals surface area (Å²) < 4.78 is 0. The lowest BCUT2D eigenvalue weighted by Gasteiger charge is -2.14. The Morgan fingerprint density at radius 3 is 2.43 bits per heavy atom. The Morgan fingerprint density at radius 2 is 1.74 bits per heavy atom. The average molecular weight is 328 g/mol. The predicted molar refractivity (Wildman–Crippen MR) is 104 cm³/mol. The van der Waals surface area contributed by atoms with E-state index in [1.807, 2.05) is 6.08 Å². The molecule has 0 aliphatic heterocycles. The summed E-state index contributed by atoms with van der Waals surface area (Å²) >= 11 is 0. The van der Waals surface area contributed by atoms with Crippen molar-refractivity contribution < 1.29 is 0 Å². The van der Waals surface area contributed by atoms with E-state index < -0.39 is 0 Å². The molecule has 1 nitrogen and oxygen atoms in total. The van der Waals surface area contributed by atoms with Crippen LogP contribution >= 0.6 is 12.4 Å². The van der Waals surface area contributed by atoms with Crippen molar-refractivity contribution in [3.05, 3.63) is 60.2 Å². The zero-order valence-electron chi connectivity index (χ0n) is 14.5. The fourth-order valence-corrected chi connectivity index (χ4v) is 2.26. The van der Waals surface area contributed by atoms with Gasteiger partial charge in [0.25, 0.3) is 0 Å². The number of hydrogen-bond acceptors (Lipinski definition) is 1. The van der Waals surface area contributed by atoms with Crippen LogP contribution in [-0.4, -0.2) is 18.5 Å². The lowest BCUT2D eigenvalue weighted by molar-refractivity contribution is 0.363. The second kappa shape index (κ2) is 8.77. The van der Waals surface area contributed by atoms with Gasteiger partial charge in [-0.2, -0.15) is 0 Å². The van der Waals surface area contributed by atoms with Crippen molar-refractivity contribution in [2.75, 3.05) is 13.6 Å². The molecular formula is C21H26ClN. The number of nitrogens with zero attached hydrogens (tertiary/aromatic N) is 1. The highest BCUT2D eigenvalue weighted by Gasteiger charge is 2.02. The maximum Gasteiger partial charge on any atom is 0.0234 e. The van der Waals surface area contributed by atoms with E-state index in [-0.39, 0.29) is 17.8 Å². The van der Waals surface area contributed by atoms with E-state index in [0.29, 0.717) is 0 Å². The molecular weight excluding hydrogens is 302 g/mol. The normalized spacial score (nSPS) is 11.3. The third-order valence-electron chi connectivity index (χ3n) is 3.33. The highest BCUT2D eigenvalue weighted by molar-refractivity contribution is 5.85. The Bertz CT molecular complexity index is 714. The Labute approximate surface area is 146 Å². The predicted octanol–water partition coefficient (Wildman–Crippen LogP) is 5.30. The summed E-state index contributed by atoms with van der Waals surface area (Å²) in [5.74, 6) is 6.32. The van der Waals surface area contributed by atoms with Gasteiger partial charge in [0.2, 0.25) is 0 Å². The number of hydrogen-bond donors (Lipinski definition) is 0. The molecule has 0 spiro atoms. The molecule has 0 amide bonds. The van der Waals surface area contributed by atoms with Crippen LogP contribution in [0, 0.1) is 17.3 Å². The molecule has 0 N–H and O–H groups in total. The van der Waals surface area contributed by atoms with Gasteiger partial charge in [0.05, 0.1) is 0 Å². The van der Waals surface area contributed by atoms with Gasteiger partial charge in [-0.25, -0.2) is 0 Å². The molecule has 0 radical (unpaired) electrons. The van der Waals surface area contributed by atoms with Crippen molar-refractivity contribution in [2.24, 2.45) is 5.41 Å². The molecule has 0 bridgehead atoms. The molecule has 0 unspecified atom stereocenters. The SMILES string of the molecule is CN(C/C=C/C#CC(C)(C)C)Cc1ccc2ccccc2c1.Cl. The monoisotopic (exact) mass is 327 g/mol. The van der Waals surface area contributed by atoms with E-state index in [2.05, 4.69) is 93.1 Å². The Kier molecular flexibility index (Phi) is 7.36. The van der Waals surface area contributed by atoms with Crippen molar-refractivity contribution in [2.45, 2.75) is 27.3 Å². The van der Waals surface area contributed by atoms with E-state index in [1.54, 1.807) is 0 Å². The largest absolute Gasteiger partial charge is 0.298 e. The summed E-state index contributed by atoms with van der Waals surface area (Å²) in [6.45, 7) is 8.23. The van der Waals surface area contributed by atoms with Crippen LogP contribution in [0.3, 0.4) is 0 Å². The standard InChI is InChI=1S/C21H25N.ClH/c1-21(2,3)14-8-5-9-15-22(4)17-18-12-13-19-10-6-7-11-20(19)16-18;/h5-7,9-13,16H,15,17H2,1-4H3;1H/b9-5+;. The van der Waals surface area contributed by atoms with Gasteiger partial charge in [-0.15, -0.1) is 12.4 Å². The van der Waals surface area contributed by atoms with Gasteiger partial charge in [-0.3, -0.25) is 4.90 Å². The maximum atomic E-state index is 3.21. The van der Waals surface area contributed by atoms with Crippen LogP contribution < -0.4 is 0 Å². The highest BCUT2D eigenvalue weighted by atomic mass is 35.5. The molecule has 0 heterocycles. The van der Waals surface area contributed by atoms with E-state index in [0.717, 1.165) is 13.1 Å². The van der Waals surface area contributed by atoms with Crippen LogP contribution in [0.4, 0.5) is 0 Å². The van der Waals surface area contributed by atoms with Crippen LogP contribution in [-0.2, 0) is 6.54 Å². The fraction of sp³-hybridized carbons (Fsp3) is 0.333. The molecule has 2 aromatic carbocycles. The van der Waals surface area contributed by atoms with Gasteiger partial charge in [0.1, 0.15) is 0 Å². The first-order valence-electron chi connectivity index (χ1n) is 7.78. The molecule has 2 rings (SSSR count). The van der Waals surface area contributed by atoms with Gasteiger partial charge in [0.15, 0.2) is 0 Å². The Morgan fingerprint density at radius 1 is 1.04 bits per heavy atom. The Balaban J connectivity index is 0.00000264. The summed E-state index contributed by atoms with van der Waals surface area (Å²) in [5.41, 5.74) is 1.41. The van der Waals surface area contributed by atoms with Crippen molar-refractivity contribution in [1.29, 1.82) is 0 Å². The molecule has 2 aromatic rings. The van der Waals surface area contributed by atoms with Crippen LogP contribution in [0.2, 0.25) is 0 Å². The topological polar surface area (TPSA) is 3.24 Å². The van der Waals surface area contributed by atoms with Gasteiger partial charge >= 0.3 is 0 Å². The smallest absolute Gasteiger partial charge is 0.0234 e. The second-order valence-corrected chi connectivity index (χ2v) is 6.80. The lowest BCUT2D eigenvalue weighted by atomic mass is 9.98. The van der Waals surface area contributed by atoms with Crippen LogP contribution in [0.25, 0.3) is 10.8 Å². The number of rotatable bonds is 4. The highest BCUT2D eigenvalue weighted by Crippen LogP contribution is 2.16. The minimum absolute atomic E-state index is 0. The van der Waals surface area contributed by atoms with Crippen LogP contribution in [0.1, 0.15) is 26.3 Å². The van der Waals surface area contributed by atoms with Crippen LogP contribution in [0.15, 0.2) is 54.6 Å². The molecule has 0 aliphatic rings. The molecule has 0 aliphatic carbocycles. The molecule has 0 saturated heterocycles. The summed E-state index contributed by atoms with van der Waals surface area (Å²) in [4.78, 5) is 2.29. The summed E-state index contributed by atoms with van der Waals surface area (Å²) in [6.07, 6.45) is 4.09. The second-order valence-electron chi connectivity index (χ2n) is 6.80. The van der Waals surface area contributed by atoms with E-state index in [9.17, 15) is 0 Å². The molecule has 122 valence electrons. The third-order valence-corrected chi connectivity index (χ3v) is 3.33. The summed E-state index contributed by atoms with van der Waals surface area (Å²) in [7, 11) is 2.14. The quantitative estimate of drug-likeness (QED) is 0.689. The molecule has 23 heavy (non-hydrogen) atoms. The third kappa shape index (κ3) is 6.91. The molecule has 0 atom stereocenters. The van der Waals surface area contributed by atoms with E-state index >= 15 is 0 Å². The minimum atomic E-state index is 0. The number of halogens is 1. The number of fused-ring (bicyclic) bond motifs is 1. The van der Waals surface area contributed by atoms with Crippen molar-refractivity contribution in [1.82, 2.24) is 4.90 Å². The maximum absolute atomic E-state index is 3.21. The first-order valence-corrected chi connectivity index (χ1v) is 7.78. The first-order chi connectivity index (χ1) is 10.4.